The van der Waals surface area contributed by atoms with Gasteiger partial charge in [-0.3, -0.25) is 14.4 Å². The van der Waals surface area contributed by atoms with Crippen molar-refractivity contribution in [3.05, 3.63) is 48.0 Å². The first-order chi connectivity index (χ1) is 12.5. The van der Waals surface area contributed by atoms with Gasteiger partial charge in [0, 0.05) is 19.4 Å². The van der Waals surface area contributed by atoms with E-state index >= 15 is 0 Å². The fourth-order valence-corrected chi connectivity index (χ4v) is 2.93. The van der Waals surface area contributed by atoms with Crippen molar-refractivity contribution in [1.82, 2.24) is 10.6 Å². The molecule has 0 radical (unpaired) electrons. The van der Waals surface area contributed by atoms with Crippen LogP contribution >= 0.6 is 0 Å². The molecule has 2 aromatic rings. The molecule has 0 spiro atoms. The molecule has 26 heavy (non-hydrogen) atoms. The standard InChI is InChI=1S/C20H24N2O4/c1-2-21-18(23)11-6-12-19(24)22-17(13-20(25)26)16-10-5-8-14-7-3-4-9-15(14)16/h3-5,7-10,17H,2,6,11-13H2,1H3,(H,21,23)(H,22,24)(H,25,26)/t17-/m1/s1. The quantitative estimate of drug-likeness (QED) is 0.644. The van der Waals surface area contributed by atoms with Gasteiger partial charge in [0.2, 0.25) is 11.8 Å². The van der Waals surface area contributed by atoms with Crippen molar-refractivity contribution in [2.75, 3.05) is 6.54 Å². The Hall–Kier alpha value is -2.89. The Bertz CT molecular complexity index is 783. The molecule has 3 N–H and O–H groups in total. The summed E-state index contributed by atoms with van der Waals surface area (Å²) >= 11 is 0. The average Bonchev–Trinajstić information content (AvgIpc) is 2.60. The van der Waals surface area contributed by atoms with Crippen LogP contribution < -0.4 is 10.6 Å². The number of nitrogens with one attached hydrogen (secondary N) is 2. The van der Waals surface area contributed by atoms with Crippen LogP contribution in [-0.2, 0) is 14.4 Å². The van der Waals surface area contributed by atoms with Crippen molar-refractivity contribution >= 4 is 28.6 Å². The summed E-state index contributed by atoms with van der Waals surface area (Å²) in [5.41, 5.74) is 0.780. The monoisotopic (exact) mass is 356 g/mol. The molecule has 0 aliphatic carbocycles. The van der Waals surface area contributed by atoms with Gasteiger partial charge in [-0.2, -0.15) is 0 Å². The molecule has 2 rings (SSSR count). The van der Waals surface area contributed by atoms with E-state index in [1.54, 1.807) is 0 Å². The molecule has 0 saturated carbocycles. The summed E-state index contributed by atoms with van der Waals surface area (Å²) in [5, 5.41) is 16.6. The van der Waals surface area contributed by atoms with E-state index in [9.17, 15) is 19.5 Å². The second kappa shape index (κ2) is 9.56. The molecule has 0 unspecified atom stereocenters. The van der Waals surface area contributed by atoms with E-state index in [4.69, 9.17) is 0 Å². The molecule has 0 aliphatic rings. The summed E-state index contributed by atoms with van der Waals surface area (Å²) in [4.78, 5) is 35.0. The van der Waals surface area contributed by atoms with Crippen molar-refractivity contribution in [2.24, 2.45) is 0 Å². The maximum Gasteiger partial charge on any atom is 0.305 e. The lowest BCUT2D eigenvalue weighted by molar-refractivity contribution is -0.137. The number of rotatable bonds is 9. The minimum absolute atomic E-state index is 0.0866. The summed E-state index contributed by atoms with van der Waals surface area (Å²) in [6.07, 6.45) is 0.681. The molecule has 2 aromatic carbocycles. The van der Waals surface area contributed by atoms with E-state index in [0.29, 0.717) is 13.0 Å². The second-order valence-corrected chi connectivity index (χ2v) is 6.09. The molecular weight excluding hydrogens is 332 g/mol. The highest BCUT2D eigenvalue weighted by molar-refractivity contribution is 5.87. The van der Waals surface area contributed by atoms with Crippen molar-refractivity contribution in [3.8, 4) is 0 Å². The third kappa shape index (κ3) is 5.58. The first-order valence-electron chi connectivity index (χ1n) is 8.76. The molecule has 0 heterocycles. The zero-order valence-corrected chi connectivity index (χ0v) is 14.8. The van der Waals surface area contributed by atoms with Gasteiger partial charge in [0.05, 0.1) is 12.5 Å². The molecule has 0 fully saturated rings. The van der Waals surface area contributed by atoms with Crippen LogP contribution in [0.4, 0.5) is 0 Å². The molecule has 1 atom stereocenters. The van der Waals surface area contributed by atoms with Gasteiger partial charge in [0.25, 0.3) is 0 Å². The van der Waals surface area contributed by atoms with E-state index in [1.807, 2.05) is 49.4 Å². The fraction of sp³-hybridized carbons (Fsp3) is 0.350. The van der Waals surface area contributed by atoms with Crippen LogP contribution in [0.25, 0.3) is 10.8 Å². The highest BCUT2D eigenvalue weighted by Gasteiger charge is 2.20. The number of benzene rings is 2. The van der Waals surface area contributed by atoms with Gasteiger partial charge in [-0.1, -0.05) is 42.5 Å². The highest BCUT2D eigenvalue weighted by Crippen LogP contribution is 2.26. The van der Waals surface area contributed by atoms with E-state index in [0.717, 1.165) is 16.3 Å². The van der Waals surface area contributed by atoms with Gasteiger partial charge in [-0.25, -0.2) is 0 Å². The zero-order chi connectivity index (χ0) is 18.9. The number of aliphatic carboxylic acids is 1. The van der Waals surface area contributed by atoms with Gasteiger partial charge in [-0.15, -0.1) is 0 Å². The maximum absolute atomic E-state index is 12.2. The summed E-state index contributed by atoms with van der Waals surface area (Å²) in [5.74, 6) is -1.32. The van der Waals surface area contributed by atoms with Crippen LogP contribution in [0.1, 0.15) is 44.2 Å². The van der Waals surface area contributed by atoms with E-state index in [-0.39, 0.29) is 31.1 Å². The summed E-state index contributed by atoms with van der Waals surface area (Å²) in [6, 6.07) is 12.7. The normalized spacial score (nSPS) is 11.7. The predicted octanol–water partition coefficient (Wildman–Crippen LogP) is 2.78. The van der Waals surface area contributed by atoms with Crippen molar-refractivity contribution in [1.29, 1.82) is 0 Å². The highest BCUT2D eigenvalue weighted by atomic mass is 16.4. The third-order valence-corrected chi connectivity index (χ3v) is 4.09. The Morgan fingerprint density at radius 2 is 1.69 bits per heavy atom. The topological polar surface area (TPSA) is 95.5 Å². The van der Waals surface area contributed by atoms with Crippen LogP contribution in [0.3, 0.4) is 0 Å². The van der Waals surface area contributed by atoms with Gasteiger partial charge >= 0.3 is 5.97 Å². The van der Waals surface area contributed by atoms with Gasteiger partial charge in [0.1, 0.15) is 0 Å². The number of carbonyl (C=O) groups is 3. The molecule has 0 aromatic heterocycles. The van der Waals surface area contributed by atoms with Crippen molar-refractivity contribution < 1.29 is 19.5 Å². The smallest absolute Gasteiger partial charge is 0.305 e. The molecule has 2 amide bonds. The van der Waals surface area contributed by atoms with Crippen LogP contribution in [0.5, 0.6) is 0 Å². The number of carboxylic acids is 1. The molecule has 0 bridgehead atoms. The lowest BCUT2D eigenvalue weighted by Gasteiger charge is -2.19. The Kier molecular flexibility index (Phi) is 7.14. The van der Waals surface area contributed by atoms with Crippen LogP contribution in [0.15, 0.2) is 42.5 Å². The zero-order valence-electron chi connectivity index (χ0n) is 14.8. The average molecular weight is 356 g/mol. The summed E-state index contributed by atoms with van der Waals surface area (Å²) in [6.45, 7) is 2.40. The Morgan fingerprint density at radius 1 is 1.00 bits per heavy atom. The molecule has 138 valence electrons. The minimum Gasteiger partial charge on any atom is -0.481 e. The summed E-state index contributed by atoms with van der Waals surface area (Å²) in [7, 11) is 0. The lowest BCUT2D eigenvalue weighted by atomic mass is 9.96. The van der Waals surface area contributed by atoms with E-state index in [2.05, 4.69) is 10.6 Å². The Morgan fingerprint density at radius 3 is 2.42 bits per heavy atom. The number of carboxylic acid groups (broad SMARTS) is 1. The van der Waals surface area contributed by atoms with Crippen molar-refractivity contribution in [2.45, 2.75) is 38.6 Å². The minimum atomic E-state index is -0.981. The molecule has 6 heteroatoms. The van der Waals surface area contributed by atoms with Gasteiger partial charge in [-0.05, 0) is 29.7 Å². The van der Waals surface area contributed by atoms with Crippen LogP contribution in [0.2, 0.25) is 0 Å². The van der Waals surface area contributed by atoms with Gasteiger partial charge < -0.3 is 15.7 Å². The number of hydrogen-bond acceptors (Lipinski definition) is 3. The number of hydrogen-bond donors (Lipinski definition) is 3. The maximum atomic E-state index is 12.2. The first-order valence-corrected chi connectivity index (χ1v) is 8.76. The van der Waals surface area contributed by atoms with Crippen molar-refractivity contribution in [3.63, 3.8) is 0 Å². The molecule has 0 saturated heterocycles. The summed E-state index contributed by atoms with van der Waals surface area (Å²) < 4.78 is 0. The molecular formula is C20H24N2O4. The number of fused-ring (bicyclic) bond motifs is 1. The Labute approximate surface area is 152 Å². The Balaban J connectivity index is 2.08. The molecule has 6 nitrogen and oxygen atoms in total. The largest absolute Gasteiger partial charge is 0.481 e. The predicted molar refractivity (Wildman–Crippen MR) is 99.6 cm³/mol. The van der Waals surface area contributed by atoms with Crippen LogP contribution in [-0.4, -0.2) is 29.4 Å². The van der Waals surface area contributed by atoms with Crippen LogP contribution in [0, 0.1) is 0 Å². The fourth-order valence-electron chi connectivity index (χ4n) is 2.93. The molecule has 0 aliphatic heterocycles. The lowest BCUT2D eigenvalue weighted by Crippen LogP contribution is -2.30. The number of amides is 2. The first kappa shape index (κ1) is 19.4. The SMILES string of the molecule is CCNC(=O)CCCC(=O)N[C@H](CC(=O)O)c1cccc2ccccc12. The van der Waals surface area contributed by atoms with E-state index < -0.39 is 12.0 Å². The van der Waals surface area contributed by atoms with Gasteiger partial charge in [0.15, 0.2) is 0 Å². The van der Waals surface area contributed by atoms with E-state index in [1.165, 1.54) is 0 Å². The number of carbonyl (C=O) groups excluding carboxylic acids is 2. The second-order valence-electron chi connectivity index (χ2n) is 6.09. The third-order valence-electron chi connectivity index (χ3n) is 4.09.